The summed E-state index contributed by atoms with van der Waals surface area (Å²) in [6.07, 6.45) is 1.59. The van der Waals surface area contributed by atoms with Gasteiger partial charge in [-0.2, -0.15) is 13.9 Å². The summed E-state index contributed by atoms with van der Waals surface area (Å²) in [6.45, 7) is -0.930. The van der Waals surface area contributed by atoms with E-state index in [1.807, 2.05) is 31.2 Å². The molecule has 2 aromatic carbocycles. The Morgan fingerprint density at radius 1 is 1.11 bits per heavy atom. The number of rotatable bonds is 7. The second-order valence-corrected chi connectivity index (χ2v) is 5.61. The lowest BCUT2D eigenvalue weighted by molar-refractivity contribution is -0.0493. The van der Waals surface area contributed by atoms with E-state index in [1.54, 1.807) is 12.3 Å². The van der Waals surface area contributed by atoms with E-state index in [0.29, 0.717) is 0 Å². The van der Waals surface area contributed by atoms with Gasteiger partial charge in [0, 0.05) is 6.20 Å². The number of halogens is 2. The number of nitrogens with one attached hydrogen (secondary N) is 1. The largest absolute Gasteiger partial charge is 0.471 e. The van der Waals surface area contributed by atoms with E-state index in [2.05, 4.69) is 15.2 Å². The van der Waals surface area contributed by atoms with Gasteiger partial charge in [-0.3, -0.25) is 4.79 Å². The minimum atomic E-state index is -2.99. The molecule has 0 spiro atoms. The summed E-state index contributed by atoms with van der Waals surface area (Å²) >= 11 is 0. The number of aromatic nitrogens is 2. The van der Waals surface area contributed by atoms with Gasteiger partial charge in [-0.05, 0) is 36.8 Å². The van der Waals surface area contributed by atoms with Crippen molar-refractivity contribution in [3.63, 3.8) is 0 Å². The second-order valence-electron chi connectivity index (χ2n) is 5.61. The van der Waals surface area contributed by atoms with Crippen LogP contribution in [0.15, 0.2) is 60.8 Å². The summed E-state index contributed by atoms with van der Waals surface area (Å²) < 4.78 is 36.4. The molecule has 0 saturated carbocycles. The number of carbonyl (C=O) groups is 1. The Labute approximate surface area is 154 Å². The summed E-state index contributed by atoms with van der Waals surface area (Å²) in [5.74, 6) is 0.0511. The van der Waals surface area contributed by atoms with Crippen molar-refractivity contribution in [2.24, 2.45) is 0 Å². The third kappa shape index (κ3) is 4.81. The molecule has 0 fully saturated rings. The van der Waals surface area contributed by atoms with Crippen molar-refractivity contribution in [2.45, 2.75) is 20.3 Å². The number of amides is 1. The van der Waals surface area contributed by atoms with Gasteiger partial charge in [0.2, 0.25) is 0 Å². The van der Waals surface area contributed by atoms with Crippen molar-refractivity contribution < 1.29 is 23.0 Å². The normalized spacial score (nSPS) is 10.7. The molecular formula is C19H17F2N3O3. The number of nitrogens with zero attached hydrogens (tertiary/aromatic N) is 2. The highest BCUT2D eigenvalue weighted by atomic mass is 19.3. The number of benzene rings is 2. The Hall–Kier alpha value is -3.42. The van der Waals surface area contributed by atoms with Crippen molar-refractivity contribution in [3.05, 3.63) is 72.1 Å². The van der Waals surface area contributed by atoms with E-state index in [4.69, 9.17) is 4.74 Å². The lowest BCUT2D eigenvalue weighted by Crippen LogP contribution is -2.15. The summed E-state index contributed by atoms with van der Waals surface area (Å²) in [5.41, 5.74) is 1.24. The highest BCUT2D eigenvalue weighted by Gasteiger charge is 2.14. The zero-order chi connectivity index (χ0) is 19.2. The van der Waals surface area contributed by atoms with Crippen LogP contribution in [0.2, 0.25) is 0 Å². The molecule has 0 atom stereocenters. The lowest BCUT2D eigenvalue weighted by atomic mass is 10.2. The average molecular weight is 373 g/mol. The predicted octanol–water partition coefficient (Wildman–Crippen LogP) is 4.08. The minimum Gasteiger partial charge on any atom is -0.471 e. The van der Waals surface area contributed by atoms with Gasteiger partial charge in [0.05, 0.1) is 5.69 Å². The van der Waals surface area contributed by atoms with Gasteiger partial charge in [0.15, 0.2) is 12.4 Å². The van der Waals surface area contributed by atoms with Crippen molar-refractivity contribution >= 4 is 11.6 Å². The van der Waals surface area contributed by atoms with Crippen molar-refractivity contribution in [2.75, 3.05) is 5.32 Å². The van der Waals surface area contributed by atoms with Crippen LogP contribution in [-0.4, -0.2) is 22.3 Å². The molecule has 1 aromatic heterocycles. The summed E-state index contributed by atoms with van der Waals surface area (Å²) in [7, 11) is 0. The van der Waals surface area contributed by atoms with Gasteiger partial charge >= 0.3 is 6.61 Å². The van der Waals surface area contributed by atoms with E-state index in [0.717, 1.165) is 11.3 Å². The lowest BCUT2D eigenvalue weighted by Gasteiger charge is -2.11. The number of aryl methyl sites for hydroxylation is 1. The Morgan fingerprint density at radius 2 is 1.81 bits per heavy atom. The average Bonchev–Trinajstić information content (AvgIpc) is 3.11. The van der Waals surface area contributed by atoms with Crippen LogP contribution < -0.4 is 14.8 Å². The van der Waals surface area contributed by atoms with Crippen molar-refractivity contribution in [1.82, 2.24) is 9.78 Å². The number of hydrogen-bond donors (Lipinski definition) is 1. The molecule has 0 unspecified atom stereocenters. The van der Waals surface area contributed by atoms with Crippen LogP contribution in [-0.2, 0) is 6.73 Å². The Kier molecular flexibility index (Phi) is 5.65. The molecule has 0 radical (unpaired) electrons. The molecule has 3 aromatic rings. The summed E-state index contributed by atoms with van der Waals surface area (Å²) in [5, 5.41) is 6.65. The minimum absolute atomic E-state index is 0.121. The first-order valence-corrected chi connectivity index (χ1v) is 8.10. The van der Waals surface area contributed by atoms with Gasteiger partial charge in [-0.25, -0.2) is 4.68 Å². The molecule has 8 heteroatoms. The molecule has 6 nitrogen and oxygen atoms in total. The summed E-state index contributed by atoms with van der Waals surface area (Å²) in [4.78, 5) is 12.3. The van der Waals surface area contributed by atoms with E-state index < -0.39 is 12.5 Å². The third-order valence-electron chi connectivity index (χ3n) is 3.67. The van der Waals surface area contributed by atoms with Gasteiger partial charge in [-0.15, -0.1) is 0 Å². The zero-order valence-electron chi connectivity index (χ0n) is 14.4. The van der Waals surface area contributed by atoms with Crippen LogP contribution in [0.5, 0.6) is 11.5 Å². The molecule has 0 bridgehead atoms. The monoisotopic (exact) mass is 373 g/mol. The van der Waals surface area contributed by atoms with Crippen molar-refractivity contribution in [1.29, 1.82) is 0 Å². The SMILES string of the molecule is Cc1ccccc1OCn1ccc(C(=O)Nc2ccccc2OC(F)F)n1. The topological polar surface area (TPSA) is 65.4 Å². The molecule has 1 amide bonds. The first kappa shape index (κ1) is 18.4. The molecular weight excluding hydrogens is 356 g/mol. The maximum absolute atomic E-state index is 12.5. The molecule has 27 heavy (non-hydrogen) atoms. The maximum atomic E-state index is 12.5. The Morgan fingerprint density at radius 3 is 2.56 bits per heavy atom. The maximum Gasteiger partial charge on any atom is 0.387 e. The predicted molar refractivity (Wildman–Crippen MR) is 95.1 cm³/mol. The van der Waals surface area contributed by atoms with Gasteiger partial charge < -0.3 is 14.8 Å². The number of ether oxygens (including phenoxy) is 2. The molecule has 1 N–H and O–H groups in total. The van der Waals surface area contributed by atoms with E-state index in [-0.39, 0.29) is 23.9 Å². The fourth-order valence-corrected chi connectivity index (χ4v) is 2.36. The van der Waals surface area contributed by atoms with Crippen LogP contribution in [0.1, 0.15) is 16.1 Å². The standard InChI is InChI=1S/C19H17F2N3O3/c1-13-6-2-4-8-16(13)26-12-24-11-10-15(23-24)18(25)22-14-7-3-5-9-17(14)27-19(20)21/h2-11,19H,12H2,1H3,(H,22,25). The first-order valence-electron chi connectivity index (χ1n) is 8.10. The highest BCUT2D eigenvalue weighted by molar-refractivity contribution is 6.03. The third-order valence-corrected chi connectivity index (χ3v) is 3.67. The summed E-state index contributed by atoms with van der Waals surface area (Å²) in [6, 6.07) is 15.0. The van der Waals surface area contributed by atoms with E-state index in [1.165, 1.54) is 28.9 Å². The van der Waals surface area contributed by atoms with Crippen molar-refractivity contribution in [3.8, 4) is 11.5 Å². The Bertz CT molecular complexity index is 928. The van der Waals surface area contributed by atoms with Crippen LogP contribution in [0, 0.1) is 6.92 Å². The van der Waals surface area contributed by atoms with Gasteiger partial charge in [0.1, 0.15) is 11.5 Å². The molecule has 140 valence electrons. The van der Waals surface area contributed by atoms with Gasteiger partial charge in [-0.1, -0.05) is 30.3 Å². The van der Waals surface area contributed by atoms with Crippen LogP contribution in [0.25, 0.3) is 0 Å². The number of anilines is 1. The van der Waals surface area contributed by atoms with Crippen LogP contribution in [0.3, 0.4) is 0 Å². The molecule has 3 rings (SSSR count). The number of alkyl halides is 2. The number of hydrogen-bond acceptors (Lipinski definition) is 4. The quantitative estimate of drug-likeness (QED) is 0.678. The second kappa shape index (κ2) is 8.31. The fraction of sp³-hybridized carbons (Fsp3) is 0.158. The van der Waals surface area contributed by atoms with E-state index in [9.17, 15) is 13.6 Å². The molecule has 0 aliphatic heterocycles. The Balaban J connectivity index is 1.64. The smallest absolute Gasteiger partial charge is 0.387 e. The molecule has 0 saturated heterocycles. The first-order chi connectivity index (χ1) is 13.0. The number of carbonyl (C=O) groups excluding carboxylic acids is 1. The number of para-hydroxylation sites is 3. The molecule has 1 heterocycles. The van der Waals surface area contributed by atoms with E-state index >= 15 is 0 Å². The highest BCUT2D eigenvalue weighted by Crippen LogP contribution is 2.25. The molecule has 0 aliphatic rings. The fourth-order valence-electron chi connectivity index (χ4n) is 2.36. The van der Waals surface area contributed by atoms with Gasteiger partial charge in [0.25, 0.3) is 5.91 Å². The zero-order valence-corrected chi connectivity index (χ0v) is 14.4. The van der Waals surface area contributed by atoms with Crippen LogP contribution >= 0.6 is 0 Å². The molecule has 0 aliphatic carbocycles. The van der Waals surface area contributed by atoms with Crippen LogP contribution in [0.4, 0.5) is 14.5 Å².